The van der Waals surface area contributed by atoms with Gasteiger partial charge in [-0.15, -0.1) is 0 Å². The highest BCUT2D eigenvalue weighted by Crippen LogP contribution is 2.10. The second-order valence-corrected chi connectivity index (χ2v) is 10.1. The van der Waals surface area contributed by atoms with Crippen molar-refractivity contribution in [2.45, 2.75) is 136 Å². The summed E-state index contributed by atoms with van der Waals surface area (Å²) in [7, 11) is 0. The molecule has 0 aromatic rings. The standard InChI is InChI=1S/C35H58O5/c1-3-5-7-9-11-13-15-16-17-18-20-21-23-25-27-29-34(37)39-32-33(31-36)40-35(38)30-28-26-24-22-19-14-12-10-8-6-4-2/h5,7,10-13,16-17,20-21,33,36H,3-4,6,8-9,14-15,18-19,22-32H2,1-2H3/b7-5+,12-10+,13-11+,17-16+,21-20+/t33-/m0/s1. The summed E-state index contributed by atoms with van der Waals surface area (Å²) < 4.78 is 10.5. The number of esters is 2. The number of rotatable bonds is 27. The second-order valence-electron chi connectivity index (χ2n) is 10.1. The molecule has 0 heterocycles. The van der Waals surface area contributed by atoms with Crippen molar-refractivity contribution in [3.05, 3.63) is 60.8 Å². The minimum atomic E-state index is -0.791. The number of ether oxygens (including phenoxy) is 2. The minimum Gasteiger partial charge on any atom is -0.462 e. The largest absolute Gasteiger partial charge is 0.462 e. The predicted octanol–water partition coefficient (Wildman–Crippen LogP) is 9.28. The van der Waals surface area contributed by atoms with Crippen LogP contribution in [0.5, 0.6) is 0 Å². The van der Waals surface area contributed by atoms with Gasteiger partial charge in [0, 0.05) is 12.8 Å². The van der Waals surface area contributed by atoms with Gasteiger partial charge in [0.25, 0.3) is 0 Å². The first-order valence-electron chi connectivity index (χ1n) is 15.8. The molecule has 5 nitrogen and oxygen atoms in total. The van der Waals surface area contributed by atoms with Crippen LogP contribution in [-0.4, -0.2) is 36.4 Å². The van der Waals surface area contributed by atoms with Gasteiger partial charge in [-0.2, -0.15) is 0 Å². The van der Waals surface area contributed by atoms with Crippen molar-refractivity contribution in [1.82, 2.24) is 0 Å². The van der Waals surface area contributed by atoms with Gasteiger partial charge in [0.2, 0.25) is 0 Å². The molecule has 0 saturated carbocycles. The van der Waals surface area contributed by atoms with Crippen molar-refractivity contribution in [3.63, 3.8) is 0 Å². The quantitative estimate of drug-likeness (QED) is 0.0618. The van der Waals surface area contributed by atoms with Crippen LogP contribution in [0.4, 0.5) is 0 Å². The number of aliphatic hydroxyl groups excluding tert-OH is 1. The Kier molecular flexibility index (Phi) is 29.3. The lowest BCUT2D eigenvalue weighted by atomic mass is 10.1. The van der Waals surface area contributed by atoms with Crippen molar-refractivity contribution in [2.24, 2.45) is 0 Å². The summed E-state index contributed by atoms with van der Waals surface area (Å²) in [5.74, 6) is -0.660. The van der Waals surface area contributed by atoms with Crippen molar-refractivity contribution < 1.29 is 24.2 Å². The molecule has 0 amide bonds. The van der Waals surface area contributed by atoms with Gasteiger partial charge >= 0.3 is 11.9 Å². The molecule has 0 spiro atoms. The zero-order chi connectivity index (χ0) is 29.4. The van der Waals surface area contributed by atoms with E-state index in [0.717, 1.165) is 70.6 Å². The second kappa shape index (κ2) is 31.1. The molecular formula is C35H58O5. The van der Waals surface area contributed by atoms with E-state index in [1.165, 1.54) is 32.1 Å². The molecule has 1 atom stereocenters. The Bertz CT molecular complexity index is 732. The topological polar surface area (TPSA) is 72.8 Å². The Labute approximate surface area is 245 Å². The summed E-state index contributed by atoms with van der Waals surface area (Å²) in [6.45, 7) is 3.90. The van der Waals surface area contributed by atoms with E-state index in [9.17, 15) is 14.7 Å². The van der Waals surface area contributed by atoms with Gasteiger partial charge < -0.3 is 14.6 Å². The van der Waals surface area contributed by atoms with E-state index in [0.29, 0.717) is 12.8 Å². The molecule has 0 radical (unpaired) electrons. The first-order valence-corrected chi connectivity index (χ1v) is 15.8. The van der Waals surface area contributed by atoms with E-state index >= 15 is 0 Å². The van der Waals surface area contributed by atoms with Crippen molar-refractivity contribution >= 4 is 11.9 Å². The van der Waals surface area contributed by atoms with Crippen LogP contribution in [-0.2, 0) is 19.1 Å². The van der Waals surface area contributed by atoms with E-state index in [4.69, 9.17) is 9.47 Å². The lowest BCUT2D eigenvalue weighted by molar-refractivity contribution is -0.161. The Balaban J connectivity index is 3.72. The van der Waals surface area contributed by atoms with Gasteiger partial charge in [-0.3, -0.25) is 9.59 Å². The molecule has 0 aromatic carbocycles. The normalized spacial score (nSPS) is 13.0. The molecule has 0 fully saturated rings. The fourth-order valence-corrected chi connectivity index (χ4v) is 3.88. The number of allylic oxidation sites excluding steroid dienone is 10. The van der Waals surface area contributed by atoms with Crippen molar-refractivity contribution in [3.8, 4) is 0 Å². The molecule has 1 N–H and O–H groups in total. The van der Waals surface area contributed by atoms with Crippen LogP contribution in [0.3, 0.4) is 0 Å². The van der Waals surface area contributed by atoms with E-state index in [1.54, 1.807) is 0 Å². The predicted molar refractivity (Wildman–Crippen MR) is 168 cm³/mol. The van der Waals surface area contributed by atoms with Gasteiger partial charge in [0.1, 0.15) is 6.61 Å². The summed E-state index contributed by atoms with van der Waals surface area (Å²) in [6, 6.07) is 0. The van der Waals surface area contributed by atoms with Crippen LogP contribution in [0.2, 0.25) is 0 Å². The molecule has 0 rings (SSSR count). The lowest BCUT2D eigenvalue weighted by Gasteiger charge is -2.15. The Morgan fingerprint density at radius 3 is 1.70 bits per heavy atom. The molecule has 0 aromatic heterocycles. The monoisotopic (exact) mass is 558 g/mol. The molecule has 0 saturated heterocycles. The van der Waals surface area contributed by atoms with E-state index in [1.807, 2.05) is 0 Å². The molecular weight excluding hydrogens is 500 g/mol. The van der Waals surface area contributed by atoms with Crippen LogP contribution < -0.4 is 0 Å². The smallest absolute Gasteiger partial charge is 0.306 e. The van der Waals surface area contributed by atoms with Crippen LogP contribution in [0, 0.1) is 0 Å². The van der Waals surface area contributed by atoms with E-state index in [-0.39, 0.29) is 25.2 Å². The molecule has 0 aliphatic heterocycles. The fourth-order valence-electron chi connectivity index (χ4n) is 3.88. The number of aliphatic hydroxyl groups is 1. The van der Waals surface area contributed by atoms with Gasteiger partial charge in [-0.1, -0.05) is 107 Å². The maximum atomic E-state index is 12.0. The van der Waals surface area contributed by atoms with Crippen LogP contribution in [0.25, 0.3) is 0 Å². The molecule has 0 aliphatic rings. The van der Waals surface area contributed by atoms with Crippen molar-refractivity contribution in [2.75, 3.05) is 13.2 Å². The number of carbonyl (C=O) groups excluding carboxylic acids is 2. The maximum absolute atomic E-state index is 12.0. The summed E-state index contributed by atoms with van der Waals surface area (Å²) in [4.78, 5) is 24.0. The molecule has 5 heteroatoms. The van der Waals surface area contributed by atoms with Gasteiger partial charge in [0.05, 0.1) is 6.61 Å². The molecule has 0 unspecified atom stereocenters. The lowest BCUT2D eigenvalue weighted by Crippen LogP contribution is -2.28. The molecule has 228 valence electrons. The number of carbonyl (C=O) groups is 2. The zero-order valence-corrected chi connectivity index (χ0v) is 25.6. The summed E-state index contributed by atoms with van der Waals surface area (Å²) in [6.07, 6.45) is 38.4. The van der Waals surface area contributed by atoms with Gasteiger partial charge in [-0.25, -0.2) is 0 Å². The third-order valence-corrected chi connectivity index (χ3v) is 6.30. The van der Waals surface area contributed by atoms with E-state index < -0.39 is 6.10 Å². The molecule has 0 aliphatic carbocycles. The first kappa shape index (κ1) is 37.6. The van der Waals surface area contributed by atoms with Gasteiger partial charge in [-0.05, 0) is 70.6 Å². The Hall–Kier alpha value is -2.40. The minimum absolute atomic E-state index is 0.0935. The highest BCUT2D eigenvalue weighted by Gasteiger charge is 2.16. The molecule has 0 bridgehead atoms. The number of unbranched alkanes of at least 4 members (excludes halogenated alkanes) is 9. The third kappa shape index (κ3) is 28.6. The average molecular weight is 559 g/mol. The third-order valence-electron chi connectivity index (χ3n) is 6.30. The zero-order valence-electron chi connectivity index (χ0n) is 25.6. The Morgan fingerprint density at radius 1 is 0.600 bits per heavy atom. The first-order chi connectivity index (χ1) is 19.6. The summed E-state index contributed by atoms with van der Waals surface area (Å²) in [5.41, 5.74) is 0. The summed E-state index contributed by atoms with van der Waals surface area (Å²) >= 11 is 0. The highest BCUT2D eigenvalue weighted by molar-refractivity contribution is 5.70. The SMILES string of the molecule is CC/C=C/C/C=C/C/C=C/C/C=C/CCCCC(=O)OC[C@H](CO)OC(=O)CCCCCCC/C=C/CCCC. The van der Waals surface area contributed by atoms with Gasteiger partial charge in [0.15, 0.2) is 6.10 Å². The van der Waals surface area contributed by atoms with Crippen LogP contribution in [0.1, 0.15) is 129 Å². The maximum Gasteiger partial charge on any atom is 0.306 e. The Morgan fingerprint density at radius 2 is 1.07 bits per heavy atom. The number of hydrogen-bond acceptors (Lipinski definition) is 5. The summed E-state index contributed by atoms with van der Waals surface area (Å²) in [5, 5.41) is 9.47. The number of hydrogen-bond donors (Lipinski definition) is 1. The fraction of sp³-hybridized carbons (Fsp3) is 0.657. The van der Waals surface area contributed by atoms with Crippen molar-refractivity contribution in [1.29, 1.82) is 0 Å². The average Bonchev–Trinajstić information content (AvgIpc) is 2.96. The van der Waals surface area contributed by atoms with Crippen LogP contribution >= 0.6 is 0 Å². The van der Waals surface area contributed by atoms with Crippen LogP contribution in [0.15, 0.2) is 60.8 Å². The highest BCUT2D eigenvalue weighted by atomic mass is 16.6. The van der Waals surface area contributed by atoms with E-state index in [2.05, 4.69) is 74.6 Å². The molecule has 40 heavy (non-hydrogen) atoms.